The second-order valence-electron chi connectivity index (χ2n) is 4.78. The van der Waals surface area contributed by atoms with Gasteiger partial charge in [-0.3, -0.25) is 4.79 Å². The van der Waals surface area contributed by atoms with Crippen molar-refractivity contribution in [3.8, 4) is 11.3 Å². The van der Waals surface area contributed by atoms with Crippen LogP contribution in [0.4, 0.5) is 0 Å². The van der Waals surface area contributed by atoms with Gasteiger partial charge in [0.15, 0.2) is 0 Å². The lowest BCUT2D eigenvalue weighted by atomic mass is 10.0. The maximum atomic E-state index is 11.0. The van der Waals surface area contributed by atoms with Gasteiger partial charge < -0.3 is 9.67 Å². The molecule has 0 amide bonds. The number of hydrogen-bond donors (Lipinski definition) is 1. The number of aromatic nitrogens is 3. The largest absolute Gasteiger partial charge is 0.481 e. The van der Waals surface area contributed by atoms with Crippen molar-refractivity contribution in [2.75, 3.05) is 0 Å². The summed E-state index contributed by atoms with van der Waals surface area (Å²) in [5.74, 6) is -0.866. The van der Waals surface area contributed by atoms with Gasteiger partial charge in [0.1, 0.15) is 0 Å². The van der Waals surface area contributed by atoms with E-state index in [1.807, 2.05) is 36.0 Å². The van der Waals surface area contributed by atoms with Crippen LogP contribution in [0.25, 0.3) is 22.2 Å². The van der Waals surface area contributed by atoms with E-state index in [0.717, 1.165) is 22.0 Å². The van der Waals surface area contributed by atoms with E-state index < -0.39 is 5.97 Å². The molecular formula is C15H12ClN3O2. The number of hydrogen-bond acceptors (Lipinski definition) is 3. The third kappa shape index (κ3) is 2.60. The molecule has 0 radical (unpaired) electrons. The molecule has 2 aromatic heterocycles. The first-order chi connectivity index (χ1) is 10.0. The van der Waals surface area contributed by atoms with Crippen molar-refractivity contribution in [3.05, 3.63) is 47.5 Å². The average Bonchev–Trinajstić information content (AvgIpc) is 2.79. The molecule has 0 aliphatic heterocycles. The molecule has 106 valence electrons. The van der Waals surface area contributed by atoms with E-state index in [1.54, 1.807) is 12.3 Å². The smallest absolute Gasteiger partial charge is 0.307 e. The number of carboxylic acid groups (broad SMARTS) is 1. The molecule has 0 atom stereocenters. The molecule has 0 unspecified atom stereocenters. The van der Waals surface area contributed by atoms with E-state index >= 15 is 0 Å². The van der Waals surface area contributed by atoms with Crippen LogP contribution in [0.3, 0.4) is 0 Å². The average molecular weight is 302 g/mol. The molecule has 0 saturated heterocycles. The Morgan fingerprint density at radius 3 is 2.90 bits per heavy atom. The summed E-state index contributed by atoms with van der Waals surface area (Å²) in [6.45, 7) is 0. The van der Waals surface area contributed by atoms with Crippen LogP contribution in [-0.4, -0.2) is 25.6 Å². The molecule has 0 fully saturated rings. The van der Waals surface area contributed by atoms with Crippen LogP contribution in [0.5, 0.6) is 0 Å². The quantitative estimate of drug-likeness (QED) is 0.755. The molecule has 1 N–H and O–H groups in total. The highest BCUT2D eigenvalue weighted by atomic mass is 35.5. The minimum Gasteiger partial charge on any atom is -0.481 e. The van der Waals surface area contributed by atoms with Gasteiger partial charge in [-0.25, -0.2) is 9.97 Å². The van der Waals surface area contributed by atoms with Crippen molar-refractivity contribution >= 4 is 28.5 Å². The molecule has 3 aromatic rings. The first kappa shape index (κ1) is 13.6. The van der Waals surface area contributed by atoms with Gasteiger partial charge in [0.05, 0.1) is 12.1 Å². The van der Waals surface area contributed by atoms with E-state index in [0.29, 0.717) is 5.69 Å². The van der Waals surface area contributed by atoms with Crippen molar-refractivity contribution < 1.29 is 9.90 Å². The predicted molar refractivity (Wildman–Crippen MR) is 80.3 cm³/mol. The molecule has 0 aliphatic carbocycles. The summed E-state index contributed by atoms with van der Waals surface area (Å²) in [6, 6.07) is 7.47. The van der Waals surface area contributed by atoms with Gasteiger partial charge in [0.2, 0.25) is 5.28 Å². The van der Waals surface area contributed by atoms with Crippen LogP contribution in [0.15, 0.2) is 36.7 Å². The summed E-state index contributed by atoms with van der Waals surface area (Å²) >= 11 is 5.85. The van der Waals surface area contributed by atoms with Gasteiger partial charge in [0.25, 0.3) is 0 Å². The topological polar surface area (TPSA) is 68.0 Å². The highest BCUT2D eigenvalue weighted by molar-refractivity contribution is 6.28. The molecule has 6 heteroatoms. The second kappa shape index (κ2) is 5.18. The molecule has 2 heterocycles. The standard InChI is InChI=1S/C15H12ClN3O2/c1-19-5-3-10-11(12-2-4-17-15(16)18-12)6-9(7-13(10)19)8-14(20)21/h2-7H,8H2,1H3,(H,20,21). The Morgan fingerprint density at radius 2 is 2.19 bits per heavy atom. The van der Waals surface area contributed by atoms with E-state index in [9.17, 15) is 4.79 Å². The van der Waals surface area contributed by atoms with E-state index in [2.05, 4.69) is 9.97 Å². The summed E-state index contributed by atoms with van der Waals surface area (Å²) in [7, 11) is 1.92. The normalized spacial score (nSPS) is 11.0. The maximum absolute atomic E-state index is 11.0. The third-order valence-electron chi connectivity index (χ3n) is 3.32. The van der Waals surface area contributed by atoms with Gasteiger partial charge >= 0.3 is 5.97 Å². The Morgan fingerprint density at radius 1 is 1.38 bits per heavy atom. The number of carbonyl (C=O) groups is 1. The lowest BCUT2D eigenvalue weighted by Gasteiger charge is -2.08. The summed E-state index contributed by atoms with van der Waals surface area (Å²) in [5.41, 5.74) is 3.21. The SMILES string of the molecule is Cn1ccc2c(-c3ccnc(Cl)n3)cc(CC(=O)O)cc21. The lowest BCUT2D eigenvalue weighted by molar-refractivity contribution is -0.136. The summed E-state index contributed by atoms with van der Waals surface area (Å²) in [5, 5.41) is 10.2. The summed E-state index contributed by atoms with van der Waals surface area (Å²) < 4.78 is 1.95. The number of fused-ring (bicyclic) bond motifs is 1. The Kier molecular flexibility index (Phi) is 3.35. The highest BCUT2D eigenvalue weighted by Gasteiger charge is 2.12. The molecule has 0 bridgehead atoms. The molecule has 1 aromatic carbocycles. The Bertz CT molecular complexity index is 842. The number of halogens is 1. The first-order valence-electron chi connectivity index (χ1n) is 6.33. The van der Waals surface area contributed by atoms with Crippen LogP contribution < -0.4 is 0 Å². The van der Waals surface area contributed by atoms with Gasteiger partial charge in [-0.05, 0) is 41.4 Å². The first-order valence-corrected chi connectivity index (χ1v) is 6.71. The monoisotopic (exact) mass is 301 g/mol. The highest BCUT2D eigenvalue weighted by Crippen LogP contribution is 2.30. The Hall–Kier alpha value is -2.40. The zero-order valence-corrected chi connectivity index (χ0v) is 12.0. The van der Waals surface area contributed by atoms with Crippen molar-refractivity contribution in [1.82, 2.24) is 14.5 Å². The molecule has 3 rings (SSSR count). The molecule has 0 saturated carbocycles. The summed E-state index contributed by atoms with van der Waals surface area (Å²) in [6.07, 6.45) is 3.48. The van der Waals surface area contributed by atoms with E-state index in [4.69, 9.17) is 16.7 Å². The number of nitrogens with zero attached hydrogens (tertiary/aromatic N) is 3. The number of carboxylic acids is 1. The Labute approximate surface area is 125 Å². The van der Waals surface area contributed by atoms with Crippen molar-refractivity contribution in [2.24, 2.45) is 7.05 Å². The summed E-state index contributed by atoms with van der Waals surface area (Å²) in [4.78, 5) is 19.1. The Balaban J connectivity index is 2.26. The molecule has 21 heavy (non-hydrogen) atoms. The predicted octanol–water partition coefficient (Wildman–Crippen LogP) is 2.92. The van der Waals surface area contributed by atoms with Gasteiger partial charge in [-0.2, -0.15) is 0 Å². The molecule has 0 aliphatic rings. The van der Waals surface area contributed by atoms with Gasteiger partial charge in [-0.1, -0.05) is 0 Å². The number of benzene rings is 1. The van der Waals surface area contributed by atoms with Crippen molar-refractivity contribution in [3.63, 3.8) is 0 Å². The number of rotatable bonds is 3. The zero-order chi connectivity index (χ0) is 15.0. The van der Waals surface area contributed by atoms with Crippen molar-refractivity contribution in [2.45, 2.75) is 6.42 Å². The van der Waals surface area contributed by atoms with Crippen molar-refractivity contribution in [1.29, 1.82) is 0 Å². The van der Waals surface area contributed by atoms with Gasteiger partial charge in [-0.15, -0.1) is 0 Å². The number of aliphatic carboxylic acids is 1. The van der Waals surface area contributed by atoms with Crippen LogP contribution in [0.2, 0.25) is 5.28 Å². The second-order valence-corrected chi connectivity index (χ2v) is 5.12. The van der Waals surface area contributed by atoms with Gasteiger partial charge in [0, 0.05) is 35.9 Å². The molecule has 5 nitrogen and oxygen atoms in total. The third-order valence-corrected chi connectivity index (χ3v) is 3.50. The van der Waals surface area contributed by atoms with Crippen LogP contribution in [0, 0.1) is 0 Å². The fourth-order valence-electron chi connectivity index (χ4n) is 2.40. The number of aryl methyl sites for hydroxylation is 1. The minimum atomic E-state index is -0.866. The van der Waals surface area contributed by atoms with Crippen LogP contribution in [0.1, 0.15) is 5.56 Å². The fraction of sp³-hybridized carbons (Fsp3) is 0.133. The molecule has 0 spiro atoms. The van der Waals surface area contributed by atoms with Crippen LogP contribution >= 0.6 is 11.6 Å². The van der Waals surface area contributed by atoms with Crippen LogP contribution in [-0.2, 0) is 18.3 Å². The van der Waals surface area contributed by atoms with E-state index in [-0.39, 0.29) is 11.7 Å². The van der Waals surface area contributed by atoms with E-state index in [1.165, 1.54) is 0 Å². The molecular weight excluding hydrogens is 290 g/mol. The zero-order valence-electron chi connectivity index (χ0n) is 11.2. The maximum Gasteiger partial charge on any atom is 0.307 e. The minimum absolute atomic E-state index is 0.0348. The lowest BCUT2D eigenvalue weighted by Crippen LogP contribution is -2.01. The fourth-order valence-corrected chi connectivity index (χ4v) is 2.55.